The van der Waals surface area contributed by atoms with E-state index in [4.69, 9.17) is 34.8 Å². The first-order valence-electron chi connectivity index (χ1n) is 5.07. The Labute approximate surface area is 123 Å². The Morgan fingerprint density at radius 1 is 1.17 bits per heavy atom. The lowest BCUT2D eigenvalue weighted by Crippen LogP contribution is -2.14. The Bertz CT molecular complexity index is 609. The molecule has 0 spiro atoms. The van der Waals surface area contributed by atoms with Crippen LogP contribution in [0.15, 0.2) is 22.3 Å². The van der Waals surface area contributed by atoms with E-state index in [1.165, 1.54) is 0 Å². The molecule has 0 atom stereocenters. The Morgan fingerprint density at radius 2 is 1.89 bits per heavy atom. The summed E-state index contributed by atoms with van der Waals surface area (Å²) in [5.41, 5.74) is 1.59. The maximum absolute atomic E-state index is 11.0. The summed E-state index contributed by atoms with van der Waals surface area (Å²) in [6.07, 6.45) is 0. The van der Waals surface area contributed by atoms with Gasteiger partial charge >= 0.3 is 4.87 Å². The second-order valence-electron chi connectivity index (χ2n) is 3.60. The maximum atomic E-state index is 11.0. The minimum Gasteiger partial charge on any atom is -0.315 e. The number of thiazole rings is 1. The molecule has 2 N–H and O–H groups in total. The molecule has 18 heavy (non-hydrogen) atoms. The van der Waals surface area contributed by atoms with E-state index in [2.05, 4.69) is 10.3 Å². The smallest absolute Gasteiger partial charge is 0.304 e. The molecule has 0 bridgehead atoms. The SMILES string of the molecule is O=c1[nH]c(CNCc2c(Cl)ccc(Cl)c2Cl)cs1. The summed E-state index contributed by atoms with van der Waals surface area (Å²) in [7, 11) is 0. The van der Waals surface area contributed by atoms with Gasteiger partial charge in [-0.25, -0.2) is 0 Å². The summed E-state index contributed by atoms with van der Waals surface area (Å²) in [5, 5.41) is 6.42. The van der Waals surface area contributed by atoms with Crippen molar-refractivity contribution in [2.45, 2.75) is 13.1 Å². The molecule has 0 aliphatic heterocycles. The van der Waals surface area contributed by atoms with Gasteiger partial charge in [0.25, 0.3) is 0 Å². The summed E-state index contributed by atoms with van der Waals surface area (Å²) in [6.45, 7) is 1.02. The third-order valence-electron chi connectivity index (χ3n) is 2.33. The fraction of sp³-hybridized carbons (Fsp3) is 0.182. The average Bonchev–Trinajstić information content (AvgIpc) is 2.74. The van der Waals surface area contributed by atoms with E-state index in [-0.39, 0.29) is 4.87 Å². The van der Waals surface area contributed by atoms with Crippen molar-refractivity contribution >= 4 is 46.1 Å². The number of rotatable bonds is 4. The van der Waals surface area contributed by atoms with Crippen molar-refractivity contribution in [3.8, 4) is 0 Å². The maximum Gasteiger partial charge on any atom is 0.304 e. The molecule has 1 aromatic heterocycles. The molecule has 0 radical (unpaired) electrons. The van der Waals surface area contributed by atoms with E-state index >= 15 is 0 Å². The van der Waals surface area contributed by atoms with E-state index in [9.17, 15) is 4.79 Å². The molecule has 0 aliphatic rings. The lowest BCUT2D eigenvalue weighted by molar-refractivity contribution is 0.682. The predicted molar refractivity (Wildman–Crippen MR) is 77.0 cm³/mol. The molecule has 0 fully saturated rings. The van der Waals surface area contributed by atoms with Crippen LogP contribution in [-0.2, 0) is 13.1 Å². The molecule has 0 aliphatic carbocycles. The first kappa shape index (κ1) is 13.9. The predicted octanol–water partition coefficient (Wildman–Crippen LogP) is 3.69. The fourth-order valence-electron chi connectivity index (χ4n) is 1.45. The van der Waals surface area contributed by atoms with Crippen LogP contribution in [0, 0.1) is 0 Å². The summed E-state index contributed by atoms with van der Waals surface area (Å²) in [4.78, 5) is 13.6. The number of hydrogen-bond acceptors (Lipinski definition) is 3. The number of benzene rings is 1. The molecule has 3 nitrogen and oxygen atoms in total. The number of H-pyrrole nitrogens is 1. The van der Waals surface area contributed by atoms with Crippen LogP contribution in [0.5, 0.6) is 0 Å². The number of nitrogens with one attached hydrogen (secondary N) is 2. The van der Waals surface area contributed by atoms with Gasteiger partial charge in [-0.3, -0.25) is 4.79 Å². The van der Waals surface area contributed by atoms with Crippen molar-refractivity contribution in [2.24, 2.45) is 0 Å². The van der Waals surface area contributed by atoms with Crippen molar-refractivity contribution in [3.63, 3.8) is 0 Å². The van der Waals surface area contributed by atoms with E-state index in [1.54, 1.807) is 17.5 Å². The lowest BCUT2D eigenvalue weighted by Gasteiger charge is -2.09. The molecule has 0 saturated heterocycles. The summed E-state index contributed by atoms with van der Waals surface area (Å²) >= 11 is 19.2. The van der Waals surface area contributed by atoms with Crippen molar-refractivity contribution in [1.29, 1.82) is 0 Å². The lowest BCUT2D eigenvalue weighted by atomic mass is 10.2. The first-order chi connectivity index (χ1) is 8.58. The van der Waals surface area contributed by atoms with Gasteiger partial charge in [0.2, 0.25) is 0 Å². The van der Waals surface area contributed by atoms with E-state index < -0.39 is 0 Å². The topological polar surface area (TPSA) is 44.9 Å². The van der Waals surface area contributed by atoms with Gasteiger partial charge in [0.15, 0.2) is 0 Å². The molecule has 1 aromatic carbocycles. The van der Waals surface area contributed by atoms with Gasteiger partial charge in [-0.15, -0.1) is 0 Å². The largest absolute Gasteiger partial charge is 0.315 e. The monoisotopic (exact) mass is 322 g/mol. The molecular formula is C11H9Cl3N2OS. The molecule has 96 valence electrons. The Balaban J connectivity index is 2.02. The summed E-state index contributed by atoms with van der Waals surface area (Å²) in [5.74, 6) is 0. The van der Waals surface area contributed by atoms with Gasteiger partial charge in [-0.1, -0.05) is 46.1 Å². The van der Waals surface area contributed by atoms with Gasteiger partial charge < -0.3 is 10.3 Å². The molecule has 1 heterocycles. The van der Waals surface area contributed by atoms with Gasteiger partial charge in [-0.05, 0) is 12.1 Å². The third-order valence-corrected chi connectivity index (χ3v) is 4.24. The van der Waals surface area contributed by atoms with E-state index in [0.29, 0.717) is 28.2 Å². The zero-order valence-corrected chi connectivity index (χ0v) is 12.2. The minimum atomic E-state index is -0.0642. The Kier molecular flexibility index (Phi) is 4.70. The first-order valence-corrected chi connectivity index (χ1v) is 7.09. The standard InChI is InChI=1S/C11H9Cl3N2OS/c12-8-1-2-9(13)10(14)7(8)4-15-3-6-5-18-11(17)16-6/h1-2,5,15H,3-4H2,(H,16,17). The third kappa shape index (κ3) is 3.28. The molecule has 0 unspecified atom stereocenters. The zero-order valence-electron chi connectivity index (χ0n) is 9.10. The summed E-state index contributed by atoms with van der Waals surface area (Å²) in [6, 6.07) is 3.37. The highest BCUT2D eigenvalue weighted by Gasteiger charge is 2.09. The van der Waals surface area contributed by atoms with Crippen LogP contribution in [0.4, 0.5) is 0 Å². The highest BCUT2D eigenvalue weighted by molar-refractivity contribution is 7.07. The van der Waals surface area contributed by atoms with Gasteiger partial charge in [0.1, 0.15) is 0 Å². The van der Waals surface area contributed by atoms with Gasteiger partial charge in [0.05, 0.1) is 10.0 Å². The van der Waals surface area contributed by atoms with Crippen molar-refractivity contribution < 1.29 is 0 Å². The zero-order chi connectivity index (χ0) is 13.1. The normalized spacial score (nSPS) is 10.8. The van der Waals surface area contributed by atoms with Crippen LogP contribution in [0.3, 0.4) is 0 Å². The minimum absolute atomic E-state index is 0.0642. The molecule has 2 rings (SSSR count). The number of aromatic nitrogens is 1. The van der Waals surface area contributed by atoms with Gasteiger partial charge in [0, 0.05) is 34.7 Å². The second kappa shape index (κ2) is 6.08. The number of halogens is 3. The molecule has 0 saturated carbocycles. The number of hydrogen-bond donors (Lipinski definition) is 2. The van der Waals surface area contributed by atoms with E-state index in [1.807, 2.05) is 0 Å². The van der Waals surface area contributed by atoms with Crippen LogP contribution in [0.25, 0.3) is 0 Å². The summed E-state index contributed by atoms with van der Waals surface area (Å²) < 4.78 is 0. The second-order valence-corrected chi connectivity index (χ2v) is 5.63. The molecular weight excluding hydrogens is 315 g/mol. The fourth-order valence-corrected chi connectivity index (χ4v) is 2.72. The van der Waals surface area contributed by atoms with Crippen molar-refractivity contribution in [2.75, 3.05) is 0 Å². The Morgan fingerprint density at radius 3 is 2.56 bits per heavy atom. The van der Waals surface area contributed by atoms with Crippen LogP contribution in [0.2, 0.25) is 15.1 Å². The highest BCUT2D eigenvalue weighted by Crippen LogP contribution is 2.31. The van der Waals surface area contributed by atoms with E-state index in [0.717, 1.165) is 22.6 Å². The molecule has 2 aromatic rings. The number of aromatic amines is 1. The molecule has 7 heteroatoms. The average molecular weight is 324 g/mol. The quantitative estimate of drug-likeness (QED) is 0.843. The Hall–Kier alpha value is -0.520. The van der Waals surface area contributed by atoms with Crippen LogP contribution >= 0.6 is 46.1 Å². The van der Waals surface area contributed by atoms with Crippen LogP contribution in [-0.4, -0.2) is 4.98 Å². The molecule has 0 amide bonds. The van der Waals surface area contributed by atoms with Crippen LogP contribution < -0.4 is 10.2 Å². The van der Waals surface area contributed by atoms with Gasteiger partial charge in [-0.2, -0.15) is 0 Å². The van der Waals surface area contributed by atoms with Crippen molar-refractivity contribution in [3.05, 3.63) is 53.5 Å². The van der Waals surface area contributed by atoms with Crippen LogP contribution in [0.1, 0.15) is 11.3 Å². The highest BCUT2D eigenvalue weighted by atomic mass is 35.5. The van der Waals surface area contributed by atoms with Crippen molar-refractivity contribution in [1.82, 2.24) is 10.3 Å².